The molecule has 0 saturated carbocycles. The van der Waals surface area contributed by atoms with E-state index in [1.807, 2.05) is 58.9 Å². The highest BCUT2D eigenvalue weighted by atomic mass is 32.2. The average Bonchev–Trinajstić information content (AvgIpc) is 3.40. The lowest BCUT2D eigenvalue weighted by Crippen LogP contribution is -2.31. The molecule has 0 fully saturated rings. The Bertz CT molecular complexity index is 956. The Labute approximate surface area is 179 Å². The van der Waals surface area contributed by atoms with Crippen LogP contribution in [-0.2, 0) is 29.1 Å². The average molecular weight is 428 g/mol. The first-order valence-electron chi connectivity index (χ1n) is 9.74. The predicted octanol–water partition coefficient (Wildman–Crippen LogP) is 2.48. The zero-order valence-electron chi connectivity index (χ0n) is 16.9. The van der Waals surface area contributed by atoms with Gasteiger partial charge in [-0.3, -0.25) is 14.2 Å². The van der Waals surface area contributed by atoms with Crippen molar-refractivity contribution in [2.75, 3.05) is 12.3 Å². The molecule has 0 aliphatic rings. The van der Waals surface area contributed by atoms with Crippen LogP contribution in [0.25, 0.3) is 0 Å². The second kappa shape index (κ2) is 10.6. The lowest BCUT2D eigenvalue weighted by Gasteiger charge is -2.20. The number of nitrogens with two attached hydrogens (primary N) is 1. The second-order valence-corrected chi connectivity index (χ2v) is 7.66. The summed E-state index contributed by atoms with van der Waals surface area (Å²) < 4.78 is 7.31. The molecule has 8 nitrogen and oxygen atoms in total. The van der Waals surface area contributed by atoms with Gasteiger partial charge >= 0.3 is 0 Å². The quantitative estimate of drug-likeness (QED) is 0.471. The van der Waals surface area contributed by atoms with Crippen LogP contribution in [0.15, 0.2) is 58.3 Å². The second-order valence-electron chi connectivity index (χ2n) is 6.71. The van der Waals surface area contributed by atoms with Gasteiger partial charge in [0, 0.05) is 25.9 Å². The number of amides is 2. The number of primary amides is 1. The summed E-state index contributed by atoms with van der Waals surface area (Å²) in [5, 5.41) is 9.03. The van der Waals surface area contributed by atoms with Crippen LogP contribution >= 0.6 is 11.8 Å². The van der Waals surface area contributed by atoms with Crippen molar-refractivity contribution in [2.24, 2.45) is 5.73 Å². The summed E-state index contributed by atoms with van der Waals surface area (Å²) in [4.78, 5) is 25.8. The summed E-state index contributed by atoms with van der Waals surface area (Å²) in [7, 11) is 0. The molecule has 0 saturated heterocycles. The molecule has 2 amide bonds. The van der Waals surface area contributed by atoms with E-state index in [1.54, 1.807) is 6.26 Å². The molecule has 0 bridgehead atoms. The van der Waals surface area contributed by atoms with E-state index in [0.717, 1.165) is 11.3 Å². The monoisotopic (exact) mass is 427 g/mol. The fraction of sp³-hybridized carbons (Fsp3) is 0.333. The van der Waals surface area contributed by atoms with Gasteiger partial charge in [0.05, 0.1) is 18.6 Å². The van der Waals surface area contributed by atoms with Crippen LogP contribution in [0.3, 0.4) is 0 Å². The van der Waals surface area contributed by atoms with Gasteiger partial charge in [0.2, 0.25) is 11.8 Å². The third-order valence-electron chi connectivity index (χ3n) is 4.56. The molecule has 3 rings (SSSR count). The van der Waals surface area contributed by atoms with Gasteiger partial charge in [-0.05, 0) is 24.6 Å². The number of nitrogens with zero attached hydrogens (tertiary/aromatic N) is 4. The van der Waals surface area contributed by atoms with E-state index in [0.29, 0.717) is 37.0 Å². The largest absolute Gasteiger partial charge is 0.467 e. The molecule has 9 heteroatoms. The molecule has 158 valence electrons. The van der Waals surface area contributed by atoms with Crippen molar-refractivity contribution in [3.8, 4) is 0 Å². The molecule has 0 unspecified atom stereocenters. The Balaban J connectivity index is 1.68. The normalized spacial score (nSPS) is 10.8. The molecule has 0 aliphatic heterocycles. The maximum atomic E-state index is 12.8. The van der Waals surface area contributed by atoms with E-state index < -0.39 is 5.91 Å². The van der Waals surface area contributed by atoms with Gasteiger partial charge in [0.25, 0.3) is 0 Å². The zero-order chi connectivity index (χ0) is 21.3. The van der Waals surface area contributed by atoms with E-state index in [2.05, 4.69) is 10.2 Å². The van der Waals surface area contributed by atoms with Crippen molar-refractivity contribution in [2.45, 2.75) is 38.0 Å². The van der Waals surface area contributed by atoms with E-state index >= 15 is 0 Å². The molecule has 2 heterocycles. The summed E-state index contributed by atoms with van der Waals surface area (Å²) in [5.41, 5.74) is 6.36. The van der Waals surface area contributed by atoms with Gasteiger partial charge in [-0.15, -0.1) is 10.2 Å². The number of carbonyl (C=O) groups excluding carboxylic acids is 2. The van der Waals surface area contributed by atoms with Crippen molar-refractivity contribution in [1.29, 1.82) is 0 Å². The Morgan fingerprint density at radius 3 is 2.63 bits per heavy atom. The molecule has 2 aromatic heterocycles. The molecule has 0 radical (unpaired) electrons. The molecule has 0 spiro atoms. The number of furan rings is 1. The van der Waals surface area contributed by atoms with E-state index in [1.165, 1.54) is 11.8 Å². The minimum absolute atomic E-state index is 0.0255. The van der Waals surface area contributed by atoms with Crippen LogP contribution in [0.2, 0.25) is 0 Å². The van der Waals surface area contributed by atoms with Crippen LogP contribution in [-0.4, -0.2) is 43.8 Å². The summed E-state index contributed by atoms with van der Waals surface area (Å²) in [5.74, 6) is 1.25. The summed E-state index contributed by atoms with van der Waals surface area (Å²) in [6.07, 6.45) is 2.16. The predicted molar refractivity (Wildman–Crippen MR) is 114 cm³/mol. The number of hydrogen-bond donors (Lipinski definition) is 1. The van der Waals surface area contributed by atoms with Crippen molar-refractivity contribution >= 4 is 23.6 Å². The minimum atomic E-state index is -0.397. The highest BCUT2D eigenvalue weighted by molar-refractivity contribution is 7.99. The Kier molecular flexibility index (Phi) is 7.67. The van der Waals surface area contributed by atoms with E-state index in [-0.39, 0.29) is 18.1 Å². The maximum Gasteiger partial charge on any atom is 0.233 e. The molecule has 3 aromatic rings. The number of rotatable bonds is 11. The maximum absolute atomic E-state index is 12.8. The van der Waals surface area contributed by atoms with Crippen LogP contribution < -0.4 is 5.73 Å². The van der Waals surface area contributed by atoms with Crippen LogP contribution in [0.5, 0.6) is 0 Å². The summed E-state index contributed by atoms with van der Waals surface area (Å²) in [6, 6.07) is 13.6. The Morgan fingerprint density at radius 2 is 1.97 bits per heavy atom. The fourth-order valence-electron chi connectivity index (χ4n) is 2.96. The molecule has 2 N–H and O–H groups in total. The highest BCUT2D eigenvalue weighted by Crippen LogP contribution is 2.21. The van der Waals surface area contributed by atoms with E-state index in [4.69, 9.17) is 10.2 Å². The number of carbonyl (C=O) groups is 2. The molecule has 0 atom stereocenters. The number of hydrogen-bond acceptors (Lipinski definition) is 6. The standard InChI is InChI=1S/C21H25N5O3S/c1-2-25(13-16-7-4-3-5-8-16)20(28)15-30-21-24-23-19(11-10-18(22)27)26(21)14-17-9-6-12-29-17/h3-9,12H,2,10-11,13-15H2,1H3,(H2,22,27). The fourth-order valence-corrected chi connectivity index (χ4v) is 3.82. The van der Waals surface area contributed by atoms with Gasteiger partial charge in [-0.1, -0.05) is 42.1 Å². The number of benzene rings is 1. The number of aryl methyl sites for hydroxylation is 1. The smallest absolute Gasteiger partial charge is 0.233 e. The summed E-state index contributed by atoms with van der Waals surface area (Å²) >= 11 is 1.33. The van der Waals surface area contributed by atoms with Crippen molar-refractivity contribution in [1.82, 2.24) is 19.7 Å². The molecule has 1 aromatic carbocycles. The van der Waals surface area contributed by atoms with Crippen molar-refractivity contribution in [3.05, 3.63) is 65.9 Å². The van der Waals surface area contributed by atoms with Crippen LogP contribution in [0.4, 0.5) is 0 Å². The Morgan fingerprint density at radius 1 is 1.17 bits per heavy atom. The van der Waals surface area contributed by atoms with Gasteiger partial charge < -0.3 is 15.1 Å². The molecule has 30 heavy (non-hydrogen) atoms. The van der Waals surface area contributed by atoms with Crippen molar-refractivity contribution in [3.63, 3.8) is 0 Å². The third-order valence-corrected chi connectivity index (χ3v) is 5.51. The SMILES string of the molecule is CCN(Cc1ccccc1)C(=O)CSc1nnc(CCC(N)=O)n1Cc1ccco1. The molecule has 0 aliphatic carbocycles. The molecular weight excluding hydrogens is 402 g/mol. The highest BCUT2D eigenvalue weighted by Gasteiger charge is 2.18. The lowest BCUT2D eigenvalue weighted by atomic mass is 10.2. The Hall–Kier alpha value is -3.07. The van der Waals surface area contributed by atoms with Crippen LogP contribution in [0, 0.1) is 0 Å². The third kappa shape index (κ3) is 5.96. The zero-order valence-corrected chi connectivity index (χ0v) is 17.7. The van der Waals surface area contributed by atoms with E-state index in [9.17, 15) is 9.59 Å². The van der Waals surface area contributed by atoms with Crippen LogP contribution in [0.1, 0.15) is 30.5 Å². The lowest BCUT2D eigenvalue weighted by molar-refractivity contribution is -0.128. The number of thioether (sulfide) groups is 1. The first-order valence-corrected chi connectivity index (χ1v) is 10.7. The minimum Gasteiger partial charge on any atom is -0.467 e. The molecular formula is C21H25N5O3S. The van der Waals surface area contributed by atoms with Gasteiger partial charge in [0.15, 0.2) is 5.16 Å². The summed E-state index contributed by atoms with van der Waals surface area (Å²) in [6.45, 7) is 3.58. The first-order chi connectivity index (χ1) is 14.6. The van der Waals surface area contributed by atoms with Gasteiger partial charge in [-0.25, -0.2) is 0 Å². The van der Waals surface area contributed by atoms with Gasteiger partial charge in [-0.2, -0.15) is 0 Å². The first kappa shape index (κ1) is 21.6. The van der Waals surface area contributed by atoms with Crippen molar-refractivity contribution < 1.29 is 14.0 Å². The van der Waals surface area contributed by atoms with Gasteiger partial charge in [0.1, 0.15) is 11.6 Å². The topological polar surface area (TPSA) is 107 Å². The number of aromatic nitrogens is 3.